The first-order valence-corrected chi connectivity index (χ1v) is 8.77. The molecule has 5 heteroatoms. The molecular weight excluding hydrogens is 306 g/mol. The molecule has 1 aromatic rings. The van der Waals surface area contributed by atoms with Crippen LogP contribution < -0.4 is 5.73 Å². The number of rotatable bonds is 9. The largest absolute Gasteiger partial charge is 0.465 e. The Kier molecular flexibility index (Phi) is 8.15. The predicted molar refractivity (Wildman–Crippen MR) is 90.7 cm³/mol. The molecule has 0 spiro atoms. The lowest BCUT2D eigenvalue weighted by atomic mass is 9.96. The zero-order valence-corrected chi connectivity index (χ0v) is 14.3. The van der Waals surface area contributed by atoms with E-state index in [0.717, 1.165) is 29.4 Å². The molecule has 0 saturated carbocycles. The van der Waals surface area contributed by atoms with E-state index in [1.54, 1.807) is 13.8 Å². The lowest BCUT2D eigenvalue weighted by Gasteiger charge is -2.21. The maximum atomic E-state index is 11.6. The summed E-state index contributed by atoms with van der Waals surface area (Å²) in [5.74, 6) is 1.73. The molecule has 0 aromatic heterocycles. The molecule has 0 heterocycles. The van der Waals surface area contributed by atoms with Crippen LogP contribution in [0, 0.1) is 0 Å². The molecule has 0 fully saturated rings. The van der Waals surface area contributed by atoms with Crippen molar-refractivity contribution in [2.24, 2.45) is 5.73 Å². The summed E-state index contributed by atoms with van der Waals surface area (Å²) in [5, 5.41) is 0.768. The van der Waals surface area contributed by atoms with E-state index in [1.807, 2.05) is 36.0 Å². The van der Waals surface area contributed by atoms with Gasteiger partial charge in [0.25, 0.3) is 0 Å². The Labute approximate surface area is 136 Å². The zero-order chi connectivity index (χ0) is 15.7. The summed E-state index contributed by atoms with van der Waals surface area (Å²) >= 11 is 7.73. The average Bonchev–Trinajstić information content (AvgIpc) is 2.45. The number of halogens is 1. The van der Waals surface area contributed by atoms with E-state index in [0.29, 0.717) is 13.0 Å². The highest BCUT2D eigenvalue weighted by Gasteiger charge is 2.28. The van der Waals surface area contributed by atoms with E-state index >= 15 is 0 Å². The Hall–Kier alpha value is -0.710. The SMILES string of the molecule is CCOC(=O)C(C)(N)CCCCSCc1ccc(Cl)cc1. The second-order valence-corrected chi connectivity index (χ2v) is 6.82. The summed E-state index contributed by atoms with van der Waals surface area (Å²) in [6.07, 6.45) is 2.64. The minimum absolute atomic E-state index is 0.307. The van der Waals surface area contributed by atoms with Gasteiger partial charge in [-0.1, -0.05) is 30.2 Å². The number of ether oxygens (including phenoxy) is 1. The maximum Gasteiger partial charge on any atom is 0.325 e. The second-order valence-electron chi connectivity index (χ2n) is 5.27. The van der Waals surface area contributed by atoms with Gasteiger partial charge in [-0.25, -0.2) is 0 Å². The number of benzene rings is 1. The molecule has 118 valence electrons. The number of hydrogen-bond donors (Lipinski definition) is 1. The van der Waals surface area contributed by atoms with Gasteiger partial charge in [0.15, 0.2) is 0 Å². The van der Waals surface area contributed by atoms with E-state index in [-0.39, 0.29) is 5.97 Å². The van der Waals surface area contributed by atoms with E-state index in [2.05, 4.69) is 0 Å². The molecule has 0 aliphatic carbocycles. The number of carbonyl (C=O) groups excluding carboxylic acids is 1. The van der Waals surface area contributed by atoms with Crippen LogP contribution in [0.15, 0.2) is 24.3 Å². The van der Waals surface area contributed by atoms with Crippen molar-refractivity contribution in [2.75, 3.05) is 12.4 Å². The molecule has 1 aromatic carbocycles. The van der Waals surface area contributed by atoms with Gasteiger partial charge in [0.2, 0.25) is 0 Å². The van der Waals surface area contributed by atoms with Crippen LogP contribution in [-0.2, 0) is 15.3 Å². The summed E-state index contributed by atoms with van der Waals surface area (Å²) < 4.78 is 4.97. The number of nitrogens with two attached hydrogens (primary N) is 1. The van der Waals surface area contributed by atoms with Crippen LogP contribution in [0.2, 0.25) is 5.02 Å². The Morgan fingerprint density at radius 3 is 2.62 bits per heavy atom. The first-order valence-electron chi connectivity index (χ1n) is 7.24. The van der Waals surface area contributed by atoms with Crippen molar-refractivity contribution in [3.05, 3.63) is 34.9 Å². The van der Waals surface area contributed by atoms with Gasteiger partial charge in [-0.15, -0.1) is 0 Å². The van der Waals surface area contributed by atoms with Gasteiger partial charge in [0, 0.05) is 10.8 Å². The quantitative estimate of drug-likeness (QED) is 0.549. The van der Waals surface area contributed by atoms with Crippen molar-refractivity contribution in [1.29, 1.82) is 0 Å². The van der Waals surface area contributed by atoms with Crippen LogP contribution in [-0.4, -0.2) is 23.9 Å². The lowest BCUT2D eigenvalue weighted by Crippen LogP contribution is -2.46. The summed E-state index contributed by atoms with van der Waals surface area (Å²) in [5.41, 5.74) is 6.39. The van der Waals surface area contributed by atoms with Crippen molar-refractivity contribution in [1.82, 2.24) is 0 Å². The Morgan fingerprint density at radius 1 is 1.33 bits per heavy atom. The molecule has 0 radical (unpaired) electrons. The van der Waals surface area contributed by atoms with Gasteiger partial charge in [0.1, 0.15) is 5.54 Å². The van der Waals surface area contributed by atoms with Gasteiger partial charge in [-0.2, -0.15) is 11.8 Å². The van der Waals surface area contributed by atoms with Crippen LogP contribution in [0.5, 0.6) is 0 Å². The summed E-state index contributed by atoms with van der Waals surface area (Å²) in [6, 6.07) is 7.92. The predicted octanol–water partition coefficient (Wildman–Crippen LogP) is 4.02. The van der Waals surface area contributed by atoms with Crippen LogP contribution in [0.25, 0.3) is 0 Å². The van der Waals surface area contributed by atoms with Crippen LogP contribution >= 0.6 is 23.4 Å². The van der Waals surface area contributed by atoms with Crippen molar-refractivity contribution < 1.29 is 9.53 Å². The molecule has 3 nitrogen and oxygen atoms in total. The molecule has 21 heavy (non-hydrogen) atoms. The Morgan fingerprint density at radius 2 is 2.00 bits per heavy atom. The number of hydrogen-bond acceptors (Lipinski definition) is 4. The fraction of sp³-hybridized carbons (Fsp3) is 0.562. The van der Waals surface area contributed by atoms with Gasteiger partial charge in [-0.05, 0) is 50.1 Å². The molecule has 1 rings (SSSR count). The molecule has 1 atom stereocenters. The summed E-state index contributed by atoms with van der Waals surface area (Å²) in [6.45, 7) is 3.91. The monoisotopic (exact) mass is 329 g/mol. The third-order valence-electron chi connectivity index (χ3n) is 3.16. The molecule has 2 N–H and O–H groups in total. The highest BCUT2D eigenvalue weighted by Crippen LogP contribution is 2.18. The molecule has 0 aliphatic rings. The van der Waals surface area contributed by atoms with E-state index in [4.69, 9.17) is 22.1 Å². The third-order valence-corrected chi connectivity index (χ3v) is 4.53. The van der Waals surface area contributed by atoms with Crippen LogP contribution in [0.3, 0.4) is 0 Å². The van der Waals surface area contributed by atoms with Crippen molar-refractivity contribution >= 4 is 29.3 Å². The first kappa shape index (κ1) is 18.3. The highest BCUT2D eigenvalue weighted by atomic mass is 35.5. The van der Waals surface area contributed by atoms with Crippen LogP contribution in [0.1, 0.15) is 38.7 Å². The second kappa shape index (κ2) is 9.34. The van der Waals surface area contributed by atoms with E-state index < -0.39 is 5.54 Å². The van der Waals surface area contributed by atoms with Crippen molar-refractivity contribution in [2.45, 2.75) is 44.4 Å². The number of carbonyl (C=O) groups is 1. The lowest BCUT2D eigenvalue weighted by molar-refractivity contribution is -0.149. The molecule has 0 aliphatic heterocycles. The van der Waals surface area contributed by atoms with Gasteiger partial charge >= 0.3 is 5.97 Å². The van der Waals surface area contributed by atoms with Crippen molar-refractivity contribution in [3.63, 3.8) is 0 Å². The highest BCUT2D eigenvalue weighted by molar-refractivity contribution is 7.98. The maximum absolute atomic E-state index is 11.6. The summed E-state index contributed by atoms with van der Waals surface area (Å²) in [7, 11) is 0. The molecule has 0 saturated heterocycles. The molecule has 0 bridgehead atoms. The Balaban J connectivity index is 2.14. The van der Waals surface area contributed by atoms with E-state index in [1.165, 1.54) is 5.56 Å². The first-order chi connectivity index (χ1) is 9.95. The van der Waals surface area contributed by atoms with Crippen LogP contribution in [0.4, 0.5) is 0 Å². The minimum atomic E-state index is -0.864. The molecular formula is C16H24ClNO2S. The standard InChI is InChI=1S/C16H24ClNO2S/c1-3-20-15(19)16(2,18)10-4-5-11-21-12-13-6-8-14(17)9-7-13/h6-9H,3-5,10-12,18H2,1-2H3. The number of unbranched alkanes of at least 4 members (excludes halogenated alkanes) is 1. The summed E-state index contributed by atoms with van der Waals surface area (Å²) in [4.78, 5) is 11.6. The molecule has 1 unspecified atom stereocenters. The molecule has 0 amide bonds. The average molecular weight is 330 g/mol. The topological polar surface area (TPSA) is 52.3 Å². The fourth-order valence-electron chi connectivity index (χ4n) is 1.87. The van der Waals surface area contributed by atoms with Gasteiger partial charge in [0.05, 0.1) is 6.61 Å². The number of esters is 1. The van der Waals surface area contributed by atoms with Gasteiger partial charge in [-0.3, -0.25) is 4.79 Å². The Bertz CT molecular complexity index is 434. The third kappa shape index (κ3) is 7.21. The van der Waals surface area contributed by atoms with Crippen molar-refractivity contribution in [3.8, 4) is 0 Å². The minimum Gasteiger partial charge on any atom is -0.465 e. The normalized spacial score (nSPS) is 13.7. The number of thioether (sulfide) groups is 1. The van der Waals surface area contributed by atoms with Gasteiger partial charge < -0.3 is 10.5 Å². The fourth-order valence-corrected chi connectivity index (χ4v) is 2.97. The zero-order valence-electron chi connectivity index (χ0n) is 12.7. The smallest absolute Gasteiger partial charge is 0.325 e. The van der Waals surface area contributed by atoms with E-state index in [9.17, 15) is 4.79 Å².